The first-order valence-corrected chi connectivity index (χ1v) is 5.46. The molecule has 0 radical (unpaired) electrons. The van der Waals surface area contributed by atoms with Crippen molar-refractivity contribution in [1.82, 2.24) is 9.88 Å². The second-order valence-electron chi connectivity index (χ2n) is 3.99. The van der Waals surface area contributed by atoms with Gasteiger partial charge in [0.15, 0.2) is 0 Å². The molecule has 1 aliphatic heterocycles. The van der Waals surface area contributed by atoms with Crippen LogP contribution in [0.15, 0.2) is 18.3 Å². The summed E-state index contributed by atoms with van der Waals surface area (Å²) in [6, 6.07) is 0.812. The van der Waals surface area contributed by atoms with Crippen LogP contribution in [0.4, 0.5) is 14.9 Å². The van der Waals surface area contributed by atoms with Crippen LogP contribution < -0.4 is 0 Å². The molecule has 0 aromatic carbocycles. The highest BCUT2D eigenvalue weighted by Crippen LogP contribution is 2.28. The molecule has 8 heteroatoms. The van der Waals surface area contributed by atoms with Gasteiger partial charge in [-0.15, -0.1) is 0 Å². The Morgan fingerprint density at radius 1 is 1.58 bits per heavy atom. The van der Waals surface area contributed by atoms with Gasteiger partial charge in [0.2, 0.25) is 0 Å². The Balaban J connectivity index is 2.33. The summed E-state index contributed by atoms with van der Waals surface area (Å²) in [7, 11) is 0. The van der Waals surface area contributed by atoms with E-state index in [4.69, 9.17) is 5.11 Å². The van der Waals surface area contributed by atoms with Gasteiger partial charge in [-0.05, 0) is 12.0 Å². The van der Waals surface area contributed by atoms with Gasteiger partial charge < -0.3 is 10.0 Å². The molecule has 0 saturated heterocycles. The number of halogens is 1. The third-order valence-corrected chi connectivity index (χ3v) is 2.81. The molecule has 1 N–H and O–H groups in total. The number of nitrogens with zero attached hydrogens (tertiary/aromatic N) is 3. The Morgan fingerprint density at radius 3 is 2.84 bits per heavy atom. The zero-order valence-electron chi connectivity index (χ0n) is 9.74. The number of carboxylic acid groups (broad SMARTS) is 1. The first kappa shape index (κ1) is 12.9. The molecule has 1 amide bonds. The molecule has 1 aliphatic rings. The minimum absolute atomic E-state index is 0.0939. The summed E-state index contributed by atoms with van der Waals surface area (Å²) in [5.41, 5.74) is 0.246. The van der Waals surface area contributed by atoms with E-state index in [1.807, 2.05) is 0 Å². The maximum absolute atomic E-state index is 13.0. The van der Waals surface area contributed by atoms with Crippen molar-refractivity contribution in [2.24, 2.45) is 0 Å². The van der Waals surface area contributed by atoms with Crippen LogP contribution in [0.2, 0.25) is 0 Å². The molecule has 0 saturated carbocycles. The van der Waals surface area contributed by atoms with Crippen LogP contribution in [-0.4, -0.2) is 39.1 Å². The molecule has 2 rings (SSSR count). The third kappa shape index (κ3) is 2.67. The standard InChI is InChI=1S/C11H10FN3O4/c12-8-5-9(15(18)19)10(13-6-8)7-1-3-14(4-2-7)11(16)17/h1,5-6H,2-4H2,(H,16,17). The molecule has 19 heavy (non-hydrogen) atoms. The van der Waals surface area contributed by atoms with Crippen LogP contribution in [0, 0.1) is 15.9 Å². The van der Waals surface area contributed by atoms with E-state index in [9.17, 15) is 19.3 Å². The molecule has 0 aliphatic carbocycles. The third-order valence-electron chi connectivity index (χ3n) is 2.81. The van der Waals surface area contributed by atoms with Crippen molar-refractivity contribution in [2.75, 3.05) is 13.1 Å². The Hall–Kier alpha value is -2.51. The van der Waals surface area contributed by atoms with Gasteiger partial charge in [-0.3, -0.25) is 10.1 Å². The van der Waals surface area contributed by atoms with Crippen molar-refractivity contribution in [1.29, 1.82) is 0 Å². The highest BCUT2D eigenvalue weighted by Gasteiger charge is 2.24. The van der Waals surface area contributed by atoms with Crippen LogP contribution in [0.25, 0.3) is 5.57 Å². The van der Waals surface area contributed by atoms with Crippen LogP contribution in [-0.2, 0) is 0 Å². The number of rotatable bonds is 2. The van der Waals surface area contributed by atoms with Gasteiger partial charge in [-0.25, -0.2) is 14.2 Å². The molecule has 0 unspecified atom stereocenters. The summed E-state index contributed by atoms with van der Waals surface area (Å²) < 4.78 is 13.0. The molecule has 0 spiro atoms. The average Bonchev–Trinajstić information content (AvgIpc) is 2.38. The van der Waals surface area contributed by atoms with Gasteiger partial charge in [0, 0.05) is 13.1 Å². The Kier molecular flexibility index (Phi) is 3.41. The zero-order valence-corrected chi connectivity index (χ0v) is 9.74. The lowest BCUT2D eigenvalue weighted by atomic mass is 10.0. The van der Waals surface area contributed by atoms with Crippen molar-refractivity contribution >= 4 is 17.4 Å². The SMILES string of the molecule is O=C(O)N1CC=C(c2ncc(F)cc2[N+](=O)[O-])CC1. The summed E-state index contributed by atoms with van der Waals surface area (Å²) in [5.74, 6) is -0.779. The van der Waals surface area contributed by atoms with Gasteiger partial charge in [0.05, 0.1) is 17.2 Å². The number of nitro groups is 1. The van der Waals surface area contributed by atoms with Crippen molar-refractivity contribution in [3.05, 3.63) is 40.0 Å². The van der Waals surface area contributed by atoms with Crippen molar-refractivity contribution in [2.45, 2.75) is 6.42 Å². The topological polar surface area (TPSA) is 96.6 Å². The van der Waals surface area contributed by atoms with Crippen LogP contribution in [0.1, 0.15) is 12.1 Å². The highest BCUT2D eigenvalue weighted by molar-refractivity contribution is 5.73. The van der Waals surface area contributed by atoms with Crippen molar-refractivity contribution < 1.29 is 19.2 Å². The molecule has 100 valence electrons. The summed E-state index contributed by atoms with van der Waals surface area (Å²) in [4.78, 5) is 25.8. The fraction of sp³-hybridized carbons (Fsp3) is 0.273. The largest absolute Gasteiger partial charge is 0.465 e. The molecule has 7 nitrogen and oxygen atoms in total. The number of amides is 1. The maximum atomic E-state index is 13.0. The molecule has 0 fully saturated rings. The molecule has 0 bridgehead atoms. The molecule has 2 heterocycles. The first-order chi connectivity index (χ1) is 8.99. The predicted molar refractivity (Wildman–Crippen MR) is 63.0 cm³/mol. The summed E-state index contributed by atoms with van der Waals surface area (Å²) in [6.45, 7) is 0.373. The second-order valence-corrected chi connectivity index (χ2v) is 3.99. The lowest BCUT2D eigenvalue weighted by Crippen LogP contribution is -2.33. The van der Waals surface area contributed by atoms with Crippen LogP contribution in [0.5, 0.6) is 0 Å². The van der Waals surface area contributed by atoms with E-state index in [0.29, 0.717) is 12.0 Å². The van der Waals surface area contributed by atoms with Gasteiger partial charge in [-0.2, -0.15) is 0 Å². The van der Waals surface area contributed by atoms with Gasteiger partial charge in [0.25, 0.3) is 5.69 Å². The van der Waals surface area contributed by atoms with Crippen LogP contribution >= 0.6 is 0 Å². The average molecular weight is 267 g/mol. The summed E-state index contributed by atoms with van der Waals surface area (Å²) in [6.07, 6.45) is 1.74. The van der Waals surface area contributed by atoms with Crippen molar-refractivity contribution in [3.8, 4) is 0 Å². The monoisotopic (exact) mass is 267 g/mol. The fourth-order valence-corrected chi connectivity index (χ4v) is 1.87. The number of pyridine rings is 1. The maximum Gasteiger partial charge on any atom is 0.407 e. The highest BCUT2D eigenvalue weighted by atomic mass is 19.1. The van der Waals surface area contributed by atoms with E-state index in [1.165, 1.54) is 4.90 Å². The van der Waals surface area contributed by atoms with E-state index in [-0.39, 0.29) is 18.8 Å². The molecular formula is C11H10FN3O4. The normalized spacial score (nSPS) is 15.0. The Bertz CT molecular complexity index is 573. The molecule has 0 atom stereocenters. The predicted octanol–water partition coefficient (Wildman–Crippen LogP) is 1.90. The van der Waals surface area contributed by atoms with E-state index in [2.05, 4.69) is 4.98 Å². The lowest BCUT2D eigenvalue weighted by Gasteiger charge is -2.23. The molecule has 1 aromatic heterocycles. The van der Waals surface area contributed by atoms with Gasteiger partial charge in [-0.1, -0.05) is 6.08 Å². The smallest absolute Gasteiger partial charge is 0.407 e. The summed E-state index contributed by atoms with van der Waals surface area (Å²) >= 11 is 0. The van der Waals surface area contributed by atoms with E-state index in [1.54, 1.807) is 6.08 Å². The summed E-state index contributed by atoms with van der Waals surface area (Å²) in [5, 5.41) is 19.7. The number of hydrogen-bond acceptors (Lipinski definition) is 4. The zero-order chi connectivity index (χ0) is 14.0. The number of hydrogen-bond donors (Lipinski definition) is 1. The quantitative estimate of drug-likeness (QED) is 0.652. The van der Waals surface area contributed by atoms with Crippen LogP contribution in [0.3, 0.4) is 0 Å². The van der Waals surface area contributed by atoms with Gasteiger partial charge >= 0.3 is 6.09 Å². The molecular weight excluding hydrogens is 257 g/mol. The van der Waals surface area contributed by atoms with E-state index in [0.717, 1.165) is 12.3 Å². The van der Waals surface area contributed by atoms with E-state index < -0.39 is 22.5 Å². The van der Waals surface area contributed by atoms with Crippen molar-refractivity contribution in [3.63, 3.8) is 0 Å². The minimum Gasteiger partial charge on any atom is -0.465 e. The fourth-order valence-electron chi connectivity index (χ4n) is 1.87. The number of aromatic nitrogens is 1. The second kappa shape index (κ2) is 5.01. The lowest BCUT2D eigenvalue weighted by molar-refractivity contribution is -0.385. The Labute approximate surface area is 107 Å². The minimum atomic E-state index is -1.04. The van der Waals surface area contributed by atoms with E-state index >= 15 is 0 Å². The Morgan fingerprint density at radius 2 is 2.32 bits per heavy atom. The van der Waals surface area contributed by atoms with Gasteiger partial charge in [0.1, 0.15) is 11.5 Å². The molecule has 1 aromatic rings. The first-order valence-electron chi connectivity index (χ1n) is 5.46. The number of carbonyl (C=O) groups is 1.